The molecule has 2 aromatic rings. The number of ether oxygens (including phenoxy) is 1. The van der Waals surface area contributed by atoms with E-state index in [9.17, 15) is 18.0 Å². The second-order valence-corrected chi connectivity index (χ2v) is 6.55. The number of carboxylic acids is 1. The highest BCUT2D eigenvalue weighted by molar-refractivity contribution is 5.85. The molecule has 0 spiro atoms. The van der Waals surface area contributed by atoms with Gasteiger partial charge in [0, 0.05) is 26.2 Å². The van der Waals surface area contributed by atoms with Gasteiger partial charge in [-0.05, 0) is 13.8 Å². The van der Waals surface area contributed by atoms with E-state index in [1.54, 1.807) is 23.0 Å². The lowest BCUT2D eigenvalue weighted by Gasteiger charge is -2.29. The molecule has 3 rings (SSSR count). The monoisotopic (exact) mass is 468 g/mol. The SMILES string of the molecule is CC#CCn1c(=O)n(CC#CC)c2c(N3CCNCC3)nc(OC)nc21.O=C(O)C(F)(F)F. The molecular formula is C20H23F3N6O4. The number of piperazine rings is 1. The second-order valence-electron chi connectivity index (χ2n) is 6.55. The van der Waals surface area contributed by atoms with Gasteiger partial charge in [-0.2, -0.15) is 23.1 Å². The van der Waals surface area contributed by atoms with E-state index >= 15 is 0 Å². The summed E-state index contributed by atoms with van der Waals surface area (Å²) in [4.78, 5) is 33.0. The predicted octanol–water partition coefficient (Wildman–Crippen LogP) is 0.691. The third-order valence-electron chi connectivity index (χ3n) is 4.48. The molecule has 13 heteroatoms. The average molecular weight is 468 g/mol. The van der Waals surface area contributed by atoms with Crippen LogP contribution < -0.4 is 20.6 Å². The molecule has 33 heavy (non-hydrogen) atoms. The first-order chi connectivity index (χ1) is 15.6. The van der Waals surface area contributed by atoms with E-state index in [4.69, 9.17) is 14.6 Å². The Labute approximate surface area is 187 Å². The first-order valence-corrected chi connectivity index (χ1v) is 9.75. The van der Waals surface area contributed by atoms with Gasteiger partial charge in [-0.3, -0.25) is 9.13 Å². The molecule has 1 aliphatic heterocycles. The summed E-state index contributed by atoms with van der Waals surface area (Å²) in [6.45, 7) is 7.35. The van der Waals surface area contributed by atoms with Crippen molar-refractivity contribution in [3.8, 4) is 29.7 Å². The van der Waals surface area contributed by atoms with Gasteiger partial charge in [-0.15, -0.1) is 11.8 Å². The zero-order valence-corrected chi connectivity index (χ0v) is 18.3. The molecule has 0 aliphatic carbocycles. The minimum atomic E-state index is -5.08. The van der Waals surface area contributed by atoms with Crippen LogP contribution >= 0.6 is 0 Å². The Kier molecular flexibility index (Phi) is 8.70. The maximum Gasteiger partial charge on any atom is 0.490 e. The number of anilines is 1. The third kappa shape index (κ3) is 6.17. The van der Waals surface area contributed by atoms with Gasteiger partial charge in [0.15, 0.2) is 11.5 Å². The number of halogens is 3. The van der Waals surface area contributed by atoms with Crippen LogP contribution in [-0.2, 0) is 17.9 Å². The van der Waals surface area contributed by atoms with E-state index in [1.165, 1.54) is 7.11 Å². The molecule has 0 radical (unpaired) electrons. The number of hydrogen-bond donors (Lipinski definition) is 2. The van der Waals surface area contributed by atoms with Gasteiger partial charge in [0.05, 0.1) is 20.2 Å². The number of fused-ring (bicyclic) bond motifs is 1. The molecule has 0 atom stereocenters. The molecule has 2 N–H and O–H groups in total. The van der Waals surface area contributed by atoms with E-state index in [0.717, 1.165) is 26.2 Å². The Hall–Kier alpha value is -3.71. The van der Waals surface area contributed by atoms with Crippen LogP contribution in [0.4, 0.5) is 19.0 Å². The fourth-order valence-corrected chi connectivity index (χ4v) is 2.97. The van der Waals surface area contributed by atoms with Gasteiger partial charge >= 0.3 is 23.8 Å². The van der Waals surface area contributed by atoms with E-state index in [-0.39, 0.29) is 24.8 Å². The summed E-state index contributed by atoms with van der Waals surface area (Å²) in [5.41, 5.74) is 1.01. The standard InChI is InChI=1S/C18H22N6O2.C2HF3O2/c1-4-6-10-23-14-15(22-12-8-19-9-13-22)20-17(26-3)21-16(14)24(18(23)25)11-7-5-2;3-2(4,5)1(6)7/h19H,8-13H2,1-3H3;(H,6,7). The molecule has 1 saturated heterocycles. The first kappa shape index (κ1) is 25.5. The Morgan fingerprint density at radius 3 is 2.15 bits per heavy atom. The van der Waals surface area contributed by atoms with Gasteiger partial charge < -0.3 is 20.1 Å². The number of imidazole rings is 1. The molecule has 0 saturated carbocycles. The van der Waals surface area contributed by atoms with Crippen molar-refractivity contribution in [2.75, 3.05) is 38.2 Å². The van der Waals surface area contributed by atoms with Crippen molar-refractivity contribution < 1.29 is 27.8 Å². The zero-order chi connectivity index (χ0) is 24.6. The minimum Gasteiger partial charge on any atom is -0.475 e. The summed E-state index contributed by atoms with van der Waals surface area (Å²) in [5.74, 6) is 9.53. The number of methoxy groups -OCH3 is 1. The zero-order valence-electron chi connectivity index (χ0n) is 18.3. The molecule has 3 heterocycles. The minimum absolute atomic E-state index is 0.190. The lowest BCUT2D eigenvalue weighted by molar-refractivity contribution is -0.192. The van der Waals surface area contributed by atoms with Gasteiger partial charge in [0.2, 0.25) is 0 Å². The number of aliphatic carboxylic acids is 1. The van der Waals surface area contributed by atoms with Crippen molar-refractivity contribution in [2.24, 2.45) is 0 Å². The van der Waals surface area contributed by atoms with Crippen LogP contribution in [0.15, 0.2) is 4.79 Å². The highest BCUT2D eigenvalue weighted by Gasteiger charge is 2.38. The topological polar surface area (TPSA) is 115 Å². The Morgan fingerprint density at radius 2 is 1.67 bits per heavy atom. The van der Waals surface area contributed by atoms with Crippen LogP contribution in [0.1, 0.15) is 13.8 Å². The second kappa shape index (κ2) is 11.2. The van der Waals surface area contributed by atoms with Gasteiger partial charge in [-0.1, -0.05) is 11.8 Å². The molecule has 1 fully saturated rings. The van der Waals surface area contributed by atoms with Gasteiger partial charge in [0.25, 0.3) is 0 Å². The molecular weight excluding hydrogens is 445 g/mol. The molecule has 178 valence electrons. The van der Waals surface area contributed by atoms with Crippen molar-refractivity contribution in [3.63, 3.8) is 0 Å². The first-order valence-electron chi connectivity index (χ1n) is 9.75. The third-order valence-corrected chi connectivity index (χ3v) is 4.48. The van der Waals surface area contributed by atoms with Gasteiger partial charge in [0.1, 0.15) is 5.52 Å². The van der Waals surface area contributed by atoms with Crippen molar-refractivity contribution in [1.82, 2.24) is 24.4 Å². The van der Waals surface area contributed by atoms with Crippen LogP contribution in [-0.4, -0.2) is 69.6 Å². The molecule has 0 amide bonds. The normalized spacial score (nSPS) is 13.2. The fourth-order valence-electron chi connectivity index (χ4n) is 2.97. The van der Waals surface area contributed by atoms with Crippen molar-refractivity contribution in [2.45, 2.75) is 33.1 Å². The molecule has 0 aromatic carbocycles. The molecule has 0 unspecified atom stereocenters. The summed E-state index contributed by atoms with van der Waals surface area (Å²) in [6, 6.07) is 0.239. The van der Waals surface area contributed by atoms with E-state index < -0.39 is 12.1 Å². The van der Waals surface area contributed by atoms with Crippen molar-refractivity contribution >= 4 is 23.0 Å². The quantitative estimate of drug-likeness (QED) is 0.631. The molecule has 10 nitrogen and oxygen atoms in total. The number of carboxylic acid groups (broad SMARTS) is 1. The number of nitrogens with zero attached hydrogens (tertiary/aromatic N) is 5. The lowest BCUT2D eigenvalue weighted by atomic mass is 10.3. The largest absolute Gasteiger partial charge is 0.490 e. The van der Waals surface area contributed by atoms with Crippen LogP contribution in [0, 0.1) is 23.7 Å². The predicted molar refractivity (Wildman–Crippen MR) is 114 cm³/mol. The summed E-state index contributed by atoms with van der Waals surface area (Å²) in [6.07, 6.45) is -5.08. The van der Waals surface area contributed by atoms with Crippen molar-refractivity contribution in [3.05, 3.63) is 10.5 Å². The Bertz CT molecular complexity index is 1170. The van der Waals surface area contributed by atoms with Crippen LogP contribution in [0.3, 0.4) is 0 Å². The highest BCUT2D eigenvalue weighted by Crippen LogP contribution is 2.26. The number of nitrogens with one attached hydrogen (secondary N) is 1. The van der Waals surface area contributed by atoms with E-state index in [0.29, 0.717) is 17.0 Å². The molecule has 2 aromatic heterocycles. The van der Waals surface area contributed by atoms with Crippen LogP contribution in [0.25, 0.3) is 11.2 Å². The van der Waals surface area contributed by atoms with Crippen LogP contribution in [0.2, 0.25) is 0 Å². The molecule has 0 bridgehead atoms. The highest BCUT2D eigenvalue weighted by atomic mass is 19.4. The van der Waals surface area contributed by atoms with E-state index in [1.807, 2.05) is 0 Å². The summed E-state index contributed by atoms with van der Waals surface area (Å²) in [5, 5.41) is 10.4. The number of rotatable bonds is 4. The average Bonchev–Trinajstić information content (AvgIpc) is 3.06. The number of alkyl halides is 3. The summed E-state index contributed by atoms with van der Waals surface area (Å²) in [7, 11) is 1.52. The smallest absolute Gasteiger partial charge is 0.475 e. The molecule has 1 aliphatic rings. The number of aromatic nitrogens is 4. The summed E-state index contributed by atoms with van der Waals surface area (Å²) < 4.78 is 40.2. The maximum absolute atomic E-state index is 13.0. The summed E-state index contributed by atoms with van der Waals surface area (Å²) >= 11 is 0. The fraction of sp³-hybridized carbons (Fsp3) is 0.500. The Balaban J connectivity index is 0.000000479. The number of hydrogen-bond acceptors (Lipinski definition) is 7. The Morgan fingerprint density at radius 1 is 1.12 bits per heavy atom. The van der Waals surface area contributed by atoms with Crippen LogP contribution in [0.5, 0.6) is 6.01 Å². The van der Waals surface area contributed by atoms with Crippen molar-refractivity contribution in [1.29, 1.82) is 0 Å². The maximum atomic E-state index is 13.0. The lowest BCUT2D eigenvalue weighted by Crippen LogP contribution is -2.44. The number of carbonyl (C=O) groups is 1. The van der Waals surface area contributed by atoms with E-state index in [2.05, 4.69) is 43.9 Å². The van der Waals surface area contributed by atoms with Gasteiger partial charge in [-0.25, -0.2) is 9.59 Å².